The van der Waals surface area contributed by atoms with Crippen LogP contribution in [0.1, 0.15) is 36.8 Å². The highest BCUT2D eigenvalue weighted by Crippen LogP contribution is 2.28. The maximum absolute atomic E-state index is 12.3. The lowest BCUT2D eigenvalue weighted by atomic mass is 9.88. The molecule has 3 rings (SSSR count). The fourth-order valence-corrected chi connectivity index (χ4v) is 3.15. The lowest BCUT2D eigenvalue weighted by Crippen LogP contribution is -2.44. The number of ketones is 1. The lowest BCUT2D eigenvalue weighted by molar-refractivity contribution is -0.124. The Bertz CT molecular complexity index is 421. The number of rotatable bonds is 2. The van der Waals surface area contributed by atoms with Crippen molar-refractivity contribution >= 4 is 5.78 Å². The van der Waals surface area contributed by atoms with Crippen LogP contribution in [-0.2, 0) is 17.8 Å². The number of carbonyl (C=O) groups excluding carboxylic acids is 1. The van der Waals surface area contributed by atoms with E-state index in [9.17, 15) is 4.79 Å². The van der Waals surface area contributed by atoms with Crippen LogP contribution in [0.5, 0.6) is 0 Å². The molecule has 17 heavy (non-hydrogen) atoms. The Morgan fingerprint density at radius 3 is 2.59 bits per heavy atom. The highest BCUT2D eigenvalue weighted by molar-refractivity contribution is 5.87. The number of hydrogen-bond donors (Lipinski definition) is 1. The Labute approximate surface area is 102 Å². The molecule has 90 valence electrons. The number of carbonyl (C=O) groups is 1. The summed E-state index contributed by atoms with van der Waals surface area (Å²) >= 11 is 0. The van der Waals surface area contributed by atoms with Crippen molar-refractivity contribution in [3.63, 3.8) is 0 Å². The molecular weight excluding hydrogens is 210 g/mol. The summed E-state index contributed by atoms with van der Waals surface area (Å²) in [5.41, 5.74) is 2.70. The highest BCUT2D eigenvalue weighted by Gasteiger charge is 2.31. The minimum atomic E-state index is 0.0630. The summed E-state index contributed by atoms with van der Waals surface area (Å²) < 4.78 is 0. The second kappa shape index (κ2) is 4.61. The van der Waals surface area contributed by atoms with E-state index in [0.717, 1.165) is 25.8 Å². The summed E-state index contributed by atoms with van der Waals surface area (Å²) in [5.74, 6) is 0.787. The summed E-state index contributed by atoms with van der Waals surface area (Å²) in [4.78, 5) is 12.3. The van der Waals surface area contributed by atoms with Crippen molar-refractivity contribution in [1.82, 2.24) is 5.32 Å². The van der Waals surface area contributed by atoms with Gasteiger partial charge in [0.25, 0.3) is 0 Å². The van der Waals surface area contributed by atoms with Crippen LogP contribution in [0.15, 0.2) is 24.3 Å². The van der Waals surface area contributed by atoms with Crippen LogP contribution in [0.2, 0.25) is 0 Å². The molecule has 0 amide bonds. The zero-order valence-electron chi connectivity index (χ0n) is 10.1. The van der Waals surface area contributed by atoms with E-state index in [4.69, 9.17) is 0 Å². The van der Waals surface area contributed by atoms with E-state index in [-0.39, 0.29) is 6.04 Å². The van der Waals surface area contributed by atoms with Gasteiger partial charge in [0.15, 0.2) is 5.78 Å². The zero-order valence-corrected chi connectivity index (χ0v) is 10.1. The van der Waals surface area contributed by atoms with Gasteiger partial charge in [0.2, 0.25) is 0 Å². The molecule has 1 aromatic rings. The first kappa shape index (κ1) is 11.0. The van der Waals surface area contributed by atoms with Gasteiger partial charge < -0.3 is 5.32 Å². The van der Waals surface area contributed by atoms with Gasteiger partial charge in [-0.15, -0.1) is 0 Å². The van der Waals surface area contributed by atoms with Crippen molar-refractivity contribution in [2.75, 3.05) is 0 Å². The fraction of sp³-hybridized carbons (Fsp3) is 0.533. The molecule has 0 bridgehead atoms. The molecule has 1 aromatic carbocycles. The molecule has 1 fully saturated rings. The number of Topliss-reactive ketones (excluding diaryl/α,β-unsaturated/α-hetero) is 1. The maximum atomic E-state index is 12.3. The zero-order chi connectivity index (χ0) is 11.7. The van der Waals surface area contributed by atoms with Gasteiger partial charge in [-0.2, -0.15) is 0 Å². The normalized spacial score (nSPS) is 24.6. The van der Waals surface area contributed by atoms with Crippen LogP contribution >= 0.6 is 0 Å². The number of fused-ring (bicyclic) bond motifs is 1. The third-order valence-corrected chi connectivity index (χ3v) is 4.18. The summed E-state index contributed by atoms with van der Waals surface area (Å²) in [7, 11) is 0. The van der Waals surface area contributed by atoms with Crippen LogP contribution in [0.3, 0.4) is 0 Å². The first-order valence-electron chi connectivity index (χ1n) is 6.68. The predicted molar refractivity (Wildman–Crippen MR) is 67.7 cm³/mol. The van der Waals surface area contributed by atoms with E-state index in [1.165, 1.54) is 24.0 Å². The van der Waals surface area contributed by atoms with E-state index in [2.05, 4.69) is 29.6 Å². The van der Waals surface area contributed by atoms with Gasteiger partial charge in [0.1, 0.15) is 0 Å². The molecule has 1 saturated carbocycles. The Morgan fingerprint density at radius 1 is 1.12 bits per heavy atom. The largest absolute Gasteiger partial charge is 0.303 e. The number of hydrogen-bond acceptors (Lipinski definition) is 2. The Kier molecular flexibility index (Phi) is 2.98. The average Bonchev–Trinajstić information content (AvgIpc) is 2.91. The van der Waals surface area contributed by atoms with Crippen molar-refractivity contribution in [2.24, 2.45) is 5.92 Å². The standard InChI is InChI=1S/C15H19NO/c17-15(11-5-1-2-6-11)14-9-12-7-3-4-8-13(12)10-16-14/h3-4,7-8,11,14,16H,1-2,5-6,9-10H2/t14-/m0/s1. The molecule has 2 aliphatic rings. The topological polar surface area (TPSA) is 29.1 Å². The SMILES string of the molecule is O=C(C1CCCC1)[C@@H]1Cc2ccccc2CN1. The molecule has 2 nitrogen and oxygen atoms in total. The molecule has 0 radical (unpaired) electrons. The molecule has 2 heteroatoms. The number of benzene rings is 1. The summed E-state index contributed by atoms with van der Waals surface area (Å²) in [6.07, 6.45) is 5.57. The third kappa shape index (κ3) is 2.14. The Hall–Kier alpha value is -1.15. The van der Waals surface area contributed by atoms with E-state index in [1.54, 1.807) is 0 Å². The molecule has 1 aliphatic carbocycles. The van der Waals surface area contributed by atoms with Gasteiger partial charge in [-0.3, -0.25) is 4.79 Å². The van der Waals surface area contributed by atoms with Gasteiger partial charge in [0, 0.05) is 12.5 Å². The first-order valence-corrected chi connectivity index (χ1v) is 6.68. The molecule has 0 unspecified atom stereocenters. The van der Waals surface area contributed by atoms with E-state index >= 15 is 0 Å². The quantitative estimate of drug-likeness (QED) is 0.844. The molecule has 1 N–H and O–H groups in total. The second-order valence-electron chi connectivity index (χ2n) is 5.29. The van der Waals surface area contributed by atoms with Crippen LogP contribution < -0.4 is 5.32 Å². The minimum absolute atomic E-state index is 0.0630. The molecule has 1 aliphatic heterocycles. The van der Waals surface area contributed by atoms with Gasteiger partial charge in [-0.05, 0) is 30.4 Å². The van der Waals surface area contributed by atoms with Gasteiger partial charge in [-0.1, -0.05) is 37.1 Å². The van der Waals surface area contributed by atoms with E-state index in [0.29, 0.717) is 11.7 Å². The van der Waals surface area contributed by atoms with E-state index < -0.39 is 0 Å². The minimum Gasteiger partial charge on any atom is -0.303 e. The van der Waals surface area contributed by atoms with Crippen LogP contribution in [0.25, 0.3) is 0 Å². The van der Waals surface area contributed by atoms with Gasteiger partial charge >= 0.3 is 0 Å². The van der Waals surface area contributed by atoms with E-state index in [1.807, 2.05) is 0 Å². The van der Waals surface area contributed by atoms with Crippen molar-refractivity contribution in [3.05, 3.63) is 35.4 Å². The summed E-state index contributed by atoms with van der Waals surface area (Å²) in [6, 6.07) is 8.51. The highest BCUT2D eigenvalue weighted by atomic mass is 16.1. The van der Waals surface area contributed by atoms with Crippen LogP contribution in [-0.4, -0.2) is 11.8 Å². The second-order valence-corrected chi connectivity index (χ2v) is 5.29. The molecule has 0 aromatic heterocycles. The fourth-order valence-electron chi connectivity index (χ4n) is 3.15. The lowest BCUT2D eigenvalue weighted by Gasteiger charge is -2.27. The van der Waals surface area contributed by atoms with Crippen molar-refractivity contribution in [2.45, 2.75) is 44.7 Å². The Morgan fingerprint density at radius 2 is 1.82 bits per heavy atom. The predicted octanol–water partition coefficient (Wildman–Crippen LogP) is 2.46. The number of nitrogens with one attached hydrogen (secondary N) is 1. The summed E-state index contributed by atoms with van der Waals surface area (Å²) in [5, 5.41) is 3.40. The van der Waals surface area contributed by atoms with Gasteiger partial charge in [-0.25, -0.2) is 0 Å². The Balaban J connectivity index is 1.73. The van der Waals surface area contributed by atoms with Crippen molar-refractivity contribution in [1.29, 1.82) is 0 Å². The van der Waals surface area contributed by atoms with Gasteiger partial charge in [0.05, 0.1) is 6.04 Å². The molecule has 1 atom stereocenters. The average molecular weight is 229 g/mol. The first-order chi connectivity index (χ1) is 8.34. The molecule has 0 saturated heterocycles. The van der Waals surface area contributed by atoms with Crippen molar-refractivity contribution < 1.29 is 4.79 Å². The molecule has 1 heterocycles. The summed E-state index contributed by atoms with van der Waals surface area (Å²) in [6.45, 7) is 0.847. The molecule has 0 spiro atoms. The van der Waals surface area contributed by atoms with Crippen LogP contribution in [0, 0.1) is 5.92 Å². The molecular formula is C15H19NO. The maximum Gasteiger partial charge on any atom is 0.153 e. The smallest absolute Gasteiger partial charge is 0.153 e. The van der Waals surface area contributed by atoms with Crippen molar-refractivity contribution in [3.8, 4) is 0 Å². The van der Waals surface area contributed by atoms with Crippen LogP contribution in [0.4, 0.5) is 0 Å². The third-order valence-electron chi connectivity index (χ3n) is 4.18. The monoisotopic (exact) mass is 229 g/mol.